The molecule has 0 aromatic carbocycles. The van der Waals surface area contributed by atoms with Crippen LogP contribution in [0.5, 0.6) is 0 Å². The Kier molecular flexibility index (Phi) is 2.61. The van der Waals surface area contributed by atoms with Gasteiger partial charge in [0.15, 0.2) is 0 Å². The first-order chi connectivity index (χ1) is 10.8. The quantitative estimate of drug-likeness (QED) is 0.456. The number of hydrogen-bond acceptors (Lipinski definition) is 9. The number of aromatic nitrogens is 8. The number of carbonyl (C=O) groups excluding carboxylic acids is 1. The third kappa shape index (κ3) is 1.96. The maximum Gasteiger partial charge on any atom is 0.562 e. The number of carbonyl (C=O) groups is 1. The van der Waals surface area contributed by atoms with Crippen molar-refractivity contribution in [1.29, 1.82) is 0 Å². The Balaban J connectivity index is 1.58. The van der Waals surface area contributed by atoms with Gasteiger partial charge in [0.25, 0.3) is 0 Å². The van der Waals surface area contributed by atoms with Crippen LogP contribution in [0.3, 0.4) is 0 Å². The zero-order chi connectivity index (χ0) is 14.9. The third-order valence-corrected chi connectivity index (χ3v) is 2.68. The number of rotatable bonds is 2. The van der Waals surface area contributed by atoms with E-state index in [1.807, 2.05) is 0 Å². The van der Waals surface area contributed by atoms with Gasteiger partial charge in [0.05, 0.1) is 0 Å². The molecule has 11 heteroatoms. The van der Waals surface area contributed by atoms with Gasteiger partial charge in [-0.15, -0.1) is 10.2 Å². The lowest BCUT2D eigenvalue weighted by Gasteiger charge is -2.02. The predicted octanol–water partition coefficient (Wildman–Crippen LogP) is -0.357. The summed E-state index contributed by atoms with van der Waals surface area (Å²) in [5.74, 6) is 0. The average Bonchev–Trinajstić information content (AvgIpc) is 3.13. The molecule has 22 heavy (non-hydrogen) atoms. The van der Waals surface area contributed by atoms with Crippen molar-refractivity contribution in [3.05, 3.63) is 36.7 Å². The van der Waals surface area contributed by atoms with E-state index in [-0.39, 0.29) is 11.3 Å². The van der Waals surface area contributed by atoms with Gasteiger partial charge in [0.2, 0.25) is 11.3 Å². The summed E-state index contributed by atoms with van der Waals surface area (Å²) < 4.78 is 0. The SMILES string of the molecule is O=C(On1nnc2cccnc21)On1nnc2cccnc21. The van der Waals surface area contributed by atoms with Gasteiger partial charge in [0, 0.05) is 12.4 Å². The Morgan fingerprint density at radius 1 is 0.864 bits per heavy atom. The fraction of sp³-hybridized carbons (Fsp3) is 0. The van der Waals surface area contributed by atoms with Gasteiger partial charge in [-0.25, -0.2) is 9.97 Å². The molecule has 0 aliphatic rings. The van der Waals surface area contributed by atoms with E-state index >= 15 is 0 Å². The summed E-state index contributed by atoms with van der Waals surface area (Å²) in [7, 11) is 0. The highest BCUT2D eigenvalue weighted by molar-refractivity contribution is 5.71. The van der Waals surface area contributed by atoms with E-state index in [0.29, 0.717) is 11.0 Å². The van der Waals surface area contributed by atoms with Crippen LogP contribution in [0.2, 0.25) is 0 Å². The summed E-state index contributed by atoms with van der Waals surface area (Å²) in [6, 6.07) is 6.73. The van der Waals surface area contributed by atoms with Crippen LogP contribution in [0.1, 0.15) is 0 Å². The predicted molar refractivity (Wildman–Crippen MR) is 69.2 cm³/mol. The lowest BCUT2D eigenvalue weighted by Crippen LogP contribution is -2.30. The van der Waals surface area contributed by atoms with Crippen molar-refractivity contribution in [2.75, 3.05) is 0 Å². The summed E-state index contributed by atoms with van der Waals surface area (Å²) in [6.45, 7) is 0. The third-order valence-electron chi connectivity index (χ3n) is 2.68. The first-order valence-electron chi connectivity index (χ1n) is 6.05. The van der Waals surface area contributed by atoms with Gasteiger partial charge in [0.1, 0.15) is 11.0 Å². The van der Waals surface area contributed by atoms with Crippen molar-refractivity contribution >= 4 is 28.5 Å². The molecule has 4 aromatic heterocycles. The number of hydrogen-bond donors (Lipinski definition) is 0. The molecule has 0 fully saturated rings. The van der Waals surface area contributed by atoms with Crippen LogP contribution in [0.15, 0.2) is 36.7 Å². The Hall–Kier alpha value is -3.63. The monoisotopic (exact) mass is 298 g/mol. The van der Waals surface area contributed by atoms with E-state index in [4.69, 9.17) is 9.68 Å². The smallest absolute Gasteiger partial charge is 0.278 e. The summed E-state index contributed by atoms with van der Waals surface area (Å²) >= 11 is 0. The molecule has 4 aromatic rings. The fourth-order valence-electron chi connectivity index (χ4n) is 1.77. The van der Waals surface area contributed by atoms with Crippen LogP contribution in [0.25, 0.3) is 22.3 Å². The fourth-order valence-corrected chi connectivity index (χ4v) is 1.77. The molecule has 108 valence electrons. The second kappa shape index (κ2) is 4.73. The van der Waals surface area contributed by atoms with Gasteiger partial charge in [-0.3, -0.25) is 9.68 Å². The molecule has 0 atom stereocenters. The zero-order valence-corrected chi connectivity index (χ0v) is 10.8. The number of nitrogens with zero attached hydrogens (tertiary/aromatic N) is 8. The highest BCUT2D eigenvalue weighted by Crippen LogP contribution is 2.06. The van der Waals surface area contributed by atoms with E-state index in [9.17, 15) is 4.79 Å². The first-order valence-corrected chi connectivity index (χ1v) is 6.05. The maximum atomic E-state index is 11.8. The lowest BCUT2D eigenvalue weighted by atomic mass is 10.4. The molecular weight excluding hydrogens is 292 g/mol. The second-order valence-electron chi connectivity index (χ2n) is 4.05. The maximum absolute atomic E-state index is 11.8. The summed E-state index contributed by atoms with van der Waals surface area (Å²) in [6.07, 6.45) is 1.95. The molecule has 0 aliphatic carbocycles. The summed E-state index contributed by atoms with van der Waals surface area (Å²) in [5.41, 5.74) is 1.51. The van der Waals surface area contributed by atoms with Crippen LogP contribution in [0, 0.1) is 0 Å². The van der Waals surface area contributed by atoms with Crippen molar-refractivity contribution < 1.29 is 14.5 Å². The molecule has 0 radical (unpaired) electrons. The minimum absolute atomic E-state index is 0.279. The van der Waals surface area contributed by atoms with Crippen LogP contribution >= 0.6 is 0 Å². The Morgan fingerprint density at radius 3 is 1.86 bits per heavy atom. The lowest BCUT2D eigenvalue weighted by molar-refractivity contribution is 0.0253. The molecule has 4 rings (SSSR count). The standard InChI is InChI=1S/C11H6N8O3/c20-11(21-18-9-7(14-16-18)3-1-5-12-9)22-19-10-8(15-17-19)4-2-6-13-10/h1-6H. The molecule has 0 aliphatic heterocycles. The van der Waals surface area contributed by atoms with E-state index in [1.54, 1.807) is 24.3 Å². The van der Waals surface area contributed by atoms with Crippen molar-refractivity contribution in [3.63, 3.8) is 0 Å². The second-order valence-corrected chi connectivity index (χ2v) is 4.05. The van der Waals surface area contributed by atoms with Gasteiger partial charge in [-0.1, -0.05) is 0 Å². The summed E-state index contributed by atoms with van der Waals surface area (Å²) in [5, 5.41) is 14.9. The Morgan fingerprint density at radius 2 is 1.36 bits per heavy atom. The minimum Gasteiger partial charge on any atom is -0.278 e. The molecule has 0 amide bonds. The van der Waals surface area contributed by atoms with Gasteiger partial charge in [-0.05, 0) is 44.4 Å². The Bertz CT molecular complexity index is 899. The van der Waals surface area contributed by atoms with Crippen LogP contribution < -0.4 is 9.68 Å². The highest BCUT2D eigenvalue weighted by atomic mass is 16.9. The van der Waals surface area contributed by atoms with Crippen molar-refractivity contribution in [2.24, 2.45) is 0 Å². The van der Waals surface area contributed by atoms with Gasteiger partial charge >= 0.3 is 6.16 Å². The molecule has 0 saturated heterocycles. The molecule has 0 N–H and O–H groups in total. The van der Waals surface area contributed by atoms with E-state index < -0.39 is 6.16 Å². The van der Waals surface area contributed by atoms with Crippen LogP contribution in [0.4, 0.5) is 4.79 Å². The molecular formula is C11H6N8O3. The molecule has 0 bridgehead atoms. The van der Waals surface area contributed by atoms with E-state index in [1.165, 1.54) is 12.4 Å². The average molecular weight is 298 g/mol. The van der Waals surface area contributed by atoms with E-state index in [0.717, 1.165) is 9.69 Å². The number of fused-ring (bicyclic) bond motifs is 2. The van der Waals surface area contributed by atoms with Crippen molar-refractivity contribution in [1.82, 2.24) is 40.3 Å². The molecule has 0 unspecified atom stereocenters. The molecule has 4 heterocycles. The Labute approximate surface area is 121 Å². The van der Waals surface area contributed by atoms with Crippen molar-refractivity contribution in [2.45, 2.75) is 0 Å². The summed E-state index contributed by atoms with van der Waals surface area (Å²) in [4.78, 5) is 31.3. The van der Waals surface area contributed by atoms with Gasteiger partial charge < -0.3 is 0 Å². The minimum atomic E-state index is -1.09. The molecule has 11 nitrogen and oxygen atoms in total. The first kappa shape index (κ1) is 12.1. The van der Waals surface area contributed by atoms with Crippen molar-refractivity contribution in [3.8, 4) is 0 Å². The van der Waals surface area contributed by atoms with Crippen LogP contribution in [-0.4, -0.2) is 46.4 Å². The normalized spacial score (nSPS) is 10.9. The van der Waals surface area contributed by atoms with Gasteiger partial charge in [-0.2, -0.15) is 4.79 Å². The van der Waals surface area contributed by atoms with E-state index in [2.05, 4.69) is 30.6 Å². The highest BCUT2D eigenvalue weighted by Gasteiger charge is 2.16. The van der Waals surface area contributed by atoms with Crippen LogP contribution in [-0.2, 0) is 0 Å². The molecule has 0 saturated carbocycles. The largest absolute Gasteiger partial charge is 0.562 e. The topological polar surface area (TPSA) is 123 Å². The zero-order valence-electron chi connectivity index (χ0n) is 10.8. The molecule has 0 spiro atoms. The number of pyridine rings is 2.